The molecule has 0 bridgehead atoms. The van der Waals surface area contributed by atoms with E-state index < -0.39 is 0 Å². The molecule has 1 amide bonds. The van der Waals surface area contributed by atoms with E-state index in [0.29, 0.717) is 23.8 Å². The Morgan fingerprint density at radius 1 is 1.54 bits per heavy atom. The lowest BCUT2D eigenvalue weighted by Crippen LogP contribution is -2.22. The molecule has 0 aliphatic carbocycles. The van der Waals surface area contributed by atoms with Crippen LogP contribution in [0.1, 0.15) is 29.1 Å². The molecule has 0 atom stereocenters. The van der Waals surface area contributed by atoms with Crippen molar-refractivity contribution < 1.29 is 9.21 Å². The topological polar surface area (TPSA) is 46.3 Å². The molecule has 0 fully saturated rings. The first-order chi connectivity index (χ1) is 6.06. The molecule has 0 aliphatic rings. The zero-order valence-electron chi connectivity index (χ0n) is 8.42. The summed E-state index contributed by atoms with van der Waals surface area (Å²) in [7, 11) is 3.39. The van der Waals surface area contributed by atoms with Crippen molar-refractivity contribution in [2.24, 2.45) is 0 Å². The minimum atomic E-state index is -0.110. The second-order valence-electron chi connectivity index (χ2n) is 3.07. The summed E-state index contributed by atoms with van der Waals surface area (Å²) >= 11 is 0. The lowest BCUT2D eigenvalue weighted by Gasteiger charge is -2.06. The monoisotopic (exact) mass is 182 g/mol. The number of rotatable bonds is 2. The fourth-order valence-corrected chi connectivity index (χ4v) is 1.01. The highest BCUT2D eigenvalue weighted by Gasteiger charge is 2.17. The standard InChI is InChI=1S/C9H14N2O2/c1-5-7-10-8(6(2)13-7)9(12)11(3)4/h5H2,1-4H3. The molecule has 4 nitrogen and oxygen atoms in total. The Kier molecular flexibility index (Phi) is 2.70. The van der Waals surface area contributed by atoms with Crippen LogP contribution in [0.3, 0.4) is 0 Å². The molecule has 4 heteroatoms. The molecule has 0 saturated heterocycles. The van der Waals surface area contributed by atoms with Crippen LogP contribution in [0.4, 0.5) is 0 Å². The minimum absolute atomic E-state index is 0.110. The van der Waals surface area contributed by atoms with Crippen LogP contribution in [0.5, 0.6) is 0 Å². The van der Waals surface area contributed by atoms with Crippen LogP contribution < -0.4 is 0 Å². The van der Waals surface area contributed by atoms with Crippen LogP contribution in [-0.4, -0.2) is 29.9 Å². The fourth-order valence-electron chi connectivity index (χ4n) is 1.01. The van der Waals surface area contributed by atoms with E-state index in [0.717, 1.165) is 0 Å². The normalized spacial score (nSPS) is 10.2. The molecule has 0 N–H and O–H groups in total. The predicted molar refractivity (Wildman–Crippen MR) is 48.6 cm³/mol. The summed E-state index contributed by atoms with van der Waals surface area (Å²) in [6.07, 6.45) is 0.710. The second kappa shape index (κ2) is 3.60. The van der Waals surface area contributed by atoms with Gasteiger partial charge in [-0.15, -0.1) is 0 Å². The molecule has 0 radical (unpaired) electrons. The first-order valence-corrected chi connectivity index (χ1v) is 4.24. The van der Waals surface area contributed by atoms with Crippen molar-refractivity contribution in [3.8, 4) is 0 Å². The summed E-state index contributed by atoms with van der Waals surface area (Å²) in [5, 5.41) is 0. The van der Waals surface area contributed by atoms with Crippen molar-refractivity contribution in [1.29, 1.82) is 0 Å². The van der Waals surface area contributed by atoms with Gasteiger partial charge in [-0.2, -0.15) is 0 Å². The number of amides is 1. The summed E-state index contributed by atoms with van der Waals surface area (Å²) in [4.78, 5) is 17.1. The lowest BCUT2D eigenvalue weighted by molar-refractivity contribution is 0.0821. The third-order valence-corrected chi connectivity index (χ3v) is 1.75. The molecule has 1 aromatic heterocycles. The number of oxazole rings is 1. The third-order valence-electron chi connectivity index (χ3n) is 1.75. The second-order valence-corrected chi connectivity index (χ2v) is 3.07. The average molecular weight is 182 g/mol. The Hall–Kier alpha value is -1.32. The highest BCUT2D eigenvalue weighted by Crippen LogP contribution is 2.11. The van der Waals surface area contributed by atoms with Gasteiger partial charge in [0.15, 0.2) is 11.6 Å². The Morgan fingerprint density at radius 3 is 2.54 bits per heavy atom. The number of nitrogens with zero attached hydrogens (tertiary/aromatic N) is 2. The number of carbonyl (C=O) groups excluding carboxylic acids is 1. The summed E-state index contributed by atoms with van der Waals surface area (Å²) in [5.41, 5.74) is 0.418. The number of hydrogen-bond acceptors (Lipinski definition) is 3. The van der Waals surface area contributed by atoms with Crippen LogP contribution in [0, 0.1) is 6.92 Å². The SMILES string of the molecule is CCc1nc(C(=O)N(C)C)c(C)o1. The number of aryl methyl sites for hydroxylation is 2. The van der Waals surface area contributed by atoms with Crippen molar-refractivity contribution in [3.63, 3.8) is 0 Å². The van der Waals surface area contributed by atoms with Gasteiger partial charge in [-0.25, -0.2) is 4.98 Å². The molecule has 1 heterocycles. The third kappa shape index (κ3) is 1.88. The van der Waals surface area contributed by atoms with Crippen molar-refractivity contribution in [2.45, 2.75) is 20.3 Å². The van der Waals surface area contributed by atoms with Gasteiger partial charge >= 0.3 is 0 Å². The van der Waals surface area contributed by atoms with E-state index in [1.165, 1.54) is 4.90 Å². The van der Waals surface area contributed by atoms with Crippen LogP contribution in [0.15, 0.2) is 4.42 Å². The summed E-state index contributed by atoms with van der Waals surface area (Å²) in [5.74, 6) is 1.10. The van der Waals surface area contributed by atoms with Gasteiger partial charge in [0.1, 0.15) is 5.76 Å². The van der Waals surface area contributed by atoms with Gasteiger partial charge < -0.3 is 9.32 Å². The minimum Gasteiger partial charge on any atom is -0.445 e. The molecule has 0 unspecified atom stereocenters. The van der Waals surface area contributed by atoms with E-state index >= 15 is 0 Å². The van der Waals surface area contributed by atoms with Gasteiger partial charge in [0, 0.05) is 20.5 Å². The van der Waals surface area contributed by atoms with Gasteiger partial charge in [0.05, 0.1) is 0 Å². The molecule has 72 valence electrons. The Morgan fingerprint density at radius 2 is 2.15 bits per heavy atom. The molecule has 13 heavy (non-hydrogen) atoms. The maximum absolute atomic E-state index is 11.5. The van der Waals surface area contributed by atoms with Gasteiger partial charge in [-0.1, -0.05) is 6.92 Å². The van der Waals surface area contributed by atoms with Gasteiger partial charge in [-0.3, -0.25) is 4.79 Å². The van der Waals surface area contributed by atoms with Crippen LogP contribution in [0.2, 0.25) is 0 Å². The van der Waals surface area contributed by atoms with Crippen LogP contribution in [-0.2, 0) is 6.42 Å². The highest BCUT2D eigenvalue weighted by molar-refractivity contribution is 5.92. The van der Waals surface area contributed by atoms with Gasteiger partial charge in [0.2, 0.25) is 0 Å². The first kappa shape index (κ1) is 9.77. The molecule has 1 aromatic rings. The van der Waals surface area contributed by atoms with Crippen molar-refractivity contribution in [1.82, 2.24) is 9.88 Å². The highest BCUT2D eigenvalue weighted by atomic mass is 16.4. The average Bonchev–Trinajstić information content (AvgIpc) is 2.45. The van der Waals surface area contributed by atoms with E-state index in [4.69, 9.17) is 4.42 Å². The maximum atomic E-state index is 11.5. The molecule has 0 aromatic carbocycles. The number of carbonyl (C=O) groups is 1. The Balaban J connectivity index is 3.00. The van der Waals surface area contributed by atoms with Crippen molar-refractivity contribution in [3.05, 3.63) is 17.3 Å². The zero-order chi connectivity index (χ0) is 10.0. The predicted octanol–water partition coefficient (Wildman–Crippen LogP) is 1.25. The summed E-state index contributed by atoms with van der Waals surface area (Å²) in [6, 6.07) is 0. The smallest absolute Gasteiger partial charge is 0.275 e. The van der Waals surface area contributed by atoms with E-state index in [-0.39, 0.29) is 5.91 Å². The fraction of sp³-hybridized carbons (Fsp3) is 0.556. The van der Waals surface area contributed by atoms with E-state index in [9.17, 15) is 4.79 Å². The Bertz CT molecular complexity index is 315. The van der Waals surface area contributed by atoms with Crippen molar-refractivity contribution in [2.75, 3.05) is 14.1 Å². The van der Waals surface area contributed by atoms with Gasteiger partial charge in [0.25, 0.3) is 5.91 Å². The van der Waals surface area contributed by atoms with Crippen molar-refractivity contribution >= 4 is 5.91 Å². The molecular formula is C9H14N2O2. The maximum Gasteiger partial charge on any atom is 0.275 e. The molecule has 0 saturated carbocycles. The summed E-state index contributed by atoms with van der Waals surface area (Å²) in [6.45, 7) is 3.69. The molecule has 0 spiro atoms. The van der Waals surface area contributed by atoms with E-state index in [1.807, 2.05) is 6.92 Å². The van der Waals surface area contributed by atoms with Crippen LogP contribution >= 0.6 is 0 Å². The quantitative estimate of drug-likeness (QED) is 0.691. The van der Waals surface area contributed by atoms with Crippen LogP contribution in [0.25, 0.3) is 0 Å². The number of aromatic nitrogens is 1. The molecular weight excluding hydrogens is 168 g/mol. The molecule has 0 aliphatic heterocycles. The zero-order valence-corrected chi connectivity index (χ0v) is 8.42. The van der Waals surface area contributed by atoms with Gasteiger partial charge in [-0.05, 0) is 6.92 Å². The number of hydrogen-bond donors (Lipinski definition) is 0. The molecule has 1 rings (SSSR count). The van der Waals surface area contributed by atoms with E-state index in [1.54, 1.807) is 21.0 Å². The lowest BCUT2D eigenvalue weighted by atomic mass is 10.3. The first-order valence-electron chi connectivity index (χ1n) is 4.24. The summed E-state index contributed by atoms with van der Waals surface area (Å²) < 4.78 is 5.28. The largest absolute Gasteiger partial charge is 0.445 e. The van der Waals surface area contributed by atoms with E-state index in [2.05, 4.69) is 4.98 Å². The Labute approximate surface area is 77.6 Å².